The van der Waals surface area contributed by atoms with Crippen LogP contribution in [0, 0.1) is 5.92 Å². The van der Waals surface area contributed by atoms with Crippen LogP contribution in [-0.2, 0) is 13.3 Å². The number of likely N-dealkylation sites (tertiary alicyclic amines) is 1. The normalized spacial score (nSPS) is 23.6. The molecule has 0 bridgehead atoms. The Hall–Kier alpha value is 0.0569. The molecule has 0 aromatic rings. The molecule has 0 aliphatic carbocycles. The molecule has 1 aliphatic rings. The average molecular weight is 233 g/mol. The lowest BCUT2D eigenvalue weighted by molar-refractivity contribution is 0.118. The predicted molar refractivity (Wildman–Crippen MR) is 61.8 cm³/mol. The fourth-order valence-electron chi connectivity index (χ4n) is 2.22. The van der Waals surface area contributed by atoms with Crippen LogP contribution in [0.2, 0.25) is 6.04 Å². The van der Waals surface area contributed by atoms with Gasteiger partial charge in [-0.05, 0) is 25.4 Å². The molecule has 1 fully saturated rings. The second kappa shape index (κ2) is 5.96. The van der Waals surface area contributed by atoms with E-state index in [1.165, 1.54) is 13.0 Å². The van der Waals surface area contributed by atoms with Gasteiger partial charge in [-0.3, -0.25) is 0 Å². The number of hydrogen-bond acceptors (Lipinski definition) is 4. The molecule has 15 heavy (non-hydrogen) atoms. The minimum absolute atomic E-state index is 0.663. The largest absolute Gasteiger partial charge is 0.500 e. The molecule has 1 heterocycles. The third-order valence-corrected chi connectivity index (χ3v) is 6.23. The van der Waals surface area contributed by atoms with E-state index in [2.05, 4.69) is 11.8 Å². The van der Waals surface area contributed by atoms with Crippen molar-refractivity contribution in [2.45, 2.75) is 19.4 Å². The van der Waals surface area contributed by atoms with E-state index in [-0.39, 0.29) is 0 Å². The smallest absolute Gasteiger partial charge is 0.377 e. The molecule has 0 saturated carbocycles. The predicted octanol–water partition coefficient (Wildman–Crippen LogP) is 1.21. The third kappa shape index (κ3) is 3.25. The number of hydrogen-bond donors (Lipinski definition) is 0. The molecule has 0 radical (unpaired) electrons. The summed E-state index contributed by atoms with van der Waals surface area (Å²) in [5.74, 6) is 0.663. The lowest BCUT2D eigenvalue weighted by Crippen LogP contribution is -2.44. The fourth-order valence-corrected chi connectivity index (χ4v) is 4.26. The van der Waals surface area contributed by atoms with Crippen molar-refractivity contribution in [3.05, 3.63) is 0 Å². The first-order chi connectivity index (χ1) is 7.19. The highest BCUT2D eigenvalue weighted by Gasteiger charge is 2.41. The van der Waals surface area contributed by atoms with Gasteiger partial charge in [-0.15, -0.1) is 0 Å². The van der Waals surface area contributed by atoms with Gasteiger partial charge in [0, 0.05) is 33.9 Å². The van der Waals surface area contributed by atoms with Crippen molar-refractivity contribution in [2.24, 2.45) is 5.92 Å². The second-order valence-corrected chi connectivity index (χ2v) is 7.05. The van der Waals surface area contributed by atoms with Crippen LogP contribution in [0.4, 0.5) is 0 Å². The highest BCUT2D eigenvalue weighted by molar-refractivity contribution is 6.60. The van der Waals surface area contributed by atoms with Gasteiger partial charge >= 0.3 is 8.80 Å². The Morgan fingerprint density at radius 1 is 1.20 bits per heavy atom. The monoisotopic (exact) mass is 233 g/mol. The van der Waals surface area contributed by atoms with Gasteiger partial charge in [0.05, 0.1) is 0 Å². The first-order valence-corrected chi connectivity index (χ1v) is 7.50. The molecule has 1 rings (SSSR count). The van der Waals surface area contributed by atoms with Crippen LogP contribution in [0.25, 0.3) is 0 Å². The van der Waals surface area contributed by atoms with Crippen LogP contribution in [0.15, 0.2) is 0 Å². The van der Waals surface area contributed by atoms with Crippen LogP contribution in [0.5, 0.6) is 0 Å². The fraction of sp³-hybridized carbons (Fsp3) is 1.00. The number of rotatable bonds is 6. The summed E-state index contributed by atoms with van der Waals surface area (Å²) in [5.41, 5.74) is 0. The lowest BCUT2D eigenvalue weighted by atomic mass is 10.2. The third-order valence-electron chi connectivity index (χ3n) is 3.29. The summed E-state index contributed by atoms with van der Waals surface area (Å²) in [5, 5.41) is 0. The van der Waals surface area contributed by atoms with E-state index in [1.807, 2.05) is 0 Å². The van der Waals surface area contributed by atoms with Gasteiger partial charge in [0.1, 0.15) is 0 Å². The van der Waals surface area contributed by atoms with Gasteiger partial charge in [-0.1, -0.05) is 6.92 Å². The van der Waals surface area contributed by atoms with Crippen molar-refractivity contribution in [3.8, 4) is 0 Å². The van der Waals surface area contributed by atoms with E-state index in [0.29, 0.717) is 5.92 Å². The van der Waals surface area contributed by atoms with Gasteiger partial charge in [0.2, 0.25) is 0 Å². The summed E-state index contributed by atoms with van der Waals surface area (Å²) >= 11 is 0. The molecule has 1 saturated heterocycles. The van der Waals surface area contributed by atoms with Crippen molar-refractivity contribution < 1.29 is 13.3 Å². The van der Waals surface area contributed by atoms with E-state index < -0.39 is 8.80 Å². The molecule has 4 nitrogen and oxygen atoms in total. The Labute approximate surface area is 93.9 Å². The topological polar surface area (TPSA) is 30.9 Å². The Bertz CT molecular complexity index is 179. The Kier molecular flexibility index (Phi) is 5.21. The van der Waals surface area contributed by atoms with Crippen LogP contribution in [-0.4, -0.2) is 54.7 Å². The van der Waals surface area contributed by atoms with Crippen molar-refractivity contribution in [2.75, 3.05) is 41.0 Å². The second-order valence-electron chi connectivity index (χ2n) is 4.05. The molecule has 1 atom stereocenters. The Morgan fingerprint density at radius 2 is 1.80 bits per heavy atom. The maximum atomic E-state index is 5.44. The molecule has 1 aliphatic heterocycles. The zero-order valence-corrected chi connectivity index (χ0v) is 11.3. The van der Waals surface area contributed by atoms with Gasteiger partial charge < -0.3 is 18.2 Å². The summed E-state index contributed by atoms with van der Waals surface area (Å²) in [6.45, 7) is 5.69. The van der Waals surface area contributed by atoms with Gasteiger partial charge in [0.15, 0.2) is 0 Å². The van der Waals surface area contributed by atoms with Crippen molar-refractivity contribution >= 4 is 8.80 Å². The SMILES string of the molecule is CCN1CCC(C[Si](OC)(OC)OC)C1. The van der Waals surface area contributed by atoms with Crippen LogP contribution in [0.1, 0.15) is 13.3 Å². The highest BCUT2D eigenvalue weighted by atomic mass is 28.4. The molecule has 1 unspecified atom stereocenters. The van der Waals surface area contributed by atoms with Gasteiger partial charge in [-0.25, -0.2) is 0 Å². The summed E-state index contributed by atoms with van der Waals surface area (Å²) in [6.07, 6.45) is 1.23. The van der Waals surface area contributed by atoms with Crippen LogP contribution in [0.3, 0.4) is 0 Å². The lowest BCUT2D eigenvalue weighted by Gasteiger charge is -2.27. The minimum Gasteiger partial charge on any atom is -0.377 e. The van der Waals surface area contributed by atoms with E-state index >= 15 is 0 Å². The first-order valence-electron chi connectivity index (χ1n) is 5.57. The summed E-state index contributed by atoms with van der Waals surface area (Å²) < 4.78 is 16.3. The van der Waals surface area contributed by atoms with Gasteiger partial charge in [-0.2, -0.15) is 0 Å². The maximum absolute atomic E-state index is 5.44. The van der Waals surface area contributed by atoms with Crippen molar-refractivity contribution in [1.82, 2.24) is 4.90 Å². The Balaban J connectivity index is 2.45. The van der Waals surface area contributed by atoms with E-state index in [1.54, 1.807) is 21.3 Å². The molecule has 0 amide bonds. The number of nitrogens with zero attached hydrogens (tertiary/aromatic N) is 1. The van der Waals surface area contributed by atoms with Crippen LogP contribution < -0.4 is 0 Å². The molecule has 0 spiro atoms. The quantitative estimate of drug-likeness (QED) is 0.645. The highest BCUT2D eigenvalue weighted by Crippen LogP contribution is 2.26. The molecule has 5 heteroatoms. The molecule has 90 valence electrons. The molecule has 0 aromatic carbocycles. The molecule has 0 aromatic heterocycles. The first kappa shape index (κ1) is 13.1. The van der Waals surface area contributed by atoms with E-state index in [0.717, 1.165) is 19.1 Å². The molecular weight excluding hydrogens is 210 g/mol. The van der Waals surface area contributed by atoms with Crippen molar-refractivity contribution in [3.63, 3.8) is 0 Å². The van der Waals surface area contributed by atoms with Crippen LogP contribution >= 0.6 is 0 Å². The summed E-state index contributed by atoms with van der Waals surface area (Å²) in [7, 11) is 2.71. The minimum atomic E-state index is -2.35. The Morgan fingerprint density at radius 3 is 2.20 bits per heavy atom. The van der Waals surface area contributed by atoms with E-state index in [9.17, 15) is 0 Å². The van der Waals surface area contributed by atoms with Gasteiger partial charge in [0.25, 0.3) is 0 Å². The average Bonchev–Trinajstić information content (AvgIpc) is 2.73. The summed E-state index contributed by atoms with van der Waals surface area (Å²) in [6, 6.07) is 0.938. The zero-order chi connectivity index (χ0) is 11.3. The summed E-state index contributed by atoms with van der Waals surface area (Å²) in [4.78, 5) is 2.46. The van der Waals surface area contributed by atoms with E-state index in [4.69, 9.17) is 13.3 Å². The molecular formula is C10H23NO3Si. The van der Waals surface area contributed by atoms with Crippen molar-refractivity contribution in [1.29, 1.82) is 0 Å². The zero-order valence-electron chi connectivity index (χ0n) is 10.3. The standard InChI is InChI=1S/C10H23NO3Si/c1-5-11-7-6-10(8-11)9-15(12-2,13-3)14-4/h10H,5-9H2,1-4H3. The molecule has 0 N–H and O–H groups in total. The maximum Gasteiger partial charge on any atom is 0.500 e.